The molecule has 6 nitrogen and oxygen atoms in total. The minimum Gasteiger partial charge on any atom is -0.455 e. The molecule has 1 fully saturated rings. The maximum Gasteiger partial charge on any atom is 0.313 e. The van der Waals surface area contributed by atoms with Gasteiger partial charge in [-0.15, -0.1) is 0 Å². The van der Waals surface area contributed by atoms with Crippen LogP contribution in [-0.4, -0.2) is 36.5 Å². The number of hydrogen-bond acceptors (Lipinski definition) is 4. The maximum absolute atomic E-state index is 12.9. The highest BCUT2D eigenvalue weighted by Gasteiger charge is 2.45. The van der Waals surface area contributed by atoms with Crippen molar-refractivity contribution in [1.29, 1.82) is 0 Å². The lowest BCUT2D eigenvalue weighted by molar-refractivity contribution is -0.160. The third-order valence-corrected chi connectivity index (χ3v) is 5.52. The summed E-state index contributed by atoms with van der Waals surface area (Å²) >= 11 is 0. The smallest absolute Gasteiger partial charge is 0.313 e. The number of para-hydroxylation sites is 1. The van der Waals surface area contributed by atoms with E-state index in [1.54, 1.807) is 4.90 Å². The molecule has 3 rings (SSSR count). The molecule has 152 valence electrons. The molecule has 2 aliphatic rings. The van der Waals surface area contributed by atoms with E-state index < -0.39 is 11.4 Å². The van der Waals surface area contributed by atoms with Crippen molar-refractivity contribution in [3.63, 3.8) is 0 Å². The summed E-state index contributed by atoms with van der Waals surface area (Å²) in [6.45, 7) is 6.07. The Morgan fingerprint density at radius 2 is 1.82 bits per heavy atom. The van der Waals surface area contributed by atoms with E-state index in [0.29, 0.717) is 19.4 Å². The summed E-state index contributed by atoms with van der Waals surface area (Å²) in [5.74, 6) is -0.786. The summed E-state index contributed by atoms with van der Waals surface area (Å²) in [6, 6.07) is 7.78. The number of anilines is 1. The molecule has 0 unspecified atom stereocenters. The Hall–Kier alpha value is -2.37. The number of carbonyl (C=O) groups is 3. The molecule has 0 aromatic heterocycles. The Labute approximate surface area is 166 Å². The minimum absolute atomic E-state index is 0.115. The topological polar surface area (TPSA) is 75.7 Å². The highest BCUT2D eigenvalue weighted by Crippen LogP contribution is 2.42. The fraction of sp³-hybridized carbons (Fsp3) is 0.591. The predicted octanol–water partition coefficient (Wildman–Crippen LogP) is 2.98. The van der Waals surface area contributed by atoms with E-state index in [9.17, 15) is 14.4 Å². The quantitative estimate of drug-likeness (QED) is 0.790. The summed E-state index contributed by atoms with van der Waals surface area (Å²) in [5.41, 5.74) is 0.871. The molecule has 0 saturated heterocycles. The molecule has 2 amide bonds. The van der Waals surface area contributed by atoms with E-state index in [0.717, 1.165) is 30.5 Å². The van der Waals surface area contributed by atoms with Crippen molar-refractivity contribution in [2.45, 2.75) is 64.8 Å². The molecule has 0 bridgehead atoms. The molecule has 0 atom stereocenters. The molecular weight excluding hydrogens is 356 g/mol. The highest BCUT2D eigenvalue weighted by molar-refractivity contribution is 5.97. The van der Waals surface area contributed by atoms with Gasteiger partial charge >= 0.3 is 5.97 Å². The van der Waals surface area contributed by atoms with Crippen LogP contribution in [0.4, 0.5) is 5.69 Å². The van der Waals surface area contributed by atoms with Gasteiger partial charge < -0.3 is 15.0 Å². The van der Waals surface area contributed by atoms with Crippen LogP contribution in [0.5, 0.6) is 0 Å². The lowest BCUT2D eigenvalue weighted by Crippen LogP contribution is -2.45. The van der Waals surface area contributed by atoms with Crippen LogP contribution in [0.3, 0.4) is 0 Å². The predicted molar refractivity (Wildman–Crippen MR) is 107 cm³/mol. The molecule has 1 heterocycles. The summed E-state index contributed by atoms with van der Waals surface area (Å²) in [7, 11) is 0. The van der Waals surface area contributed by atoms with Crippen molar-refractivity contribution in [2.75, 3.05) is 18.1 Å². The number of hydrogen-bond donors (Lipinski definition) is 1. The Morgan fingerprint density at radius 1 is 1.14 bits per heavy atom. The van der Waals surface area contributed by atoms with Gasteiger partial charge in [0.15, 0.2) is 6.61 Å². The fourth-order valence-corrected chi connectivity index (χ4v) is 4.23. The van der Waals surface area contributed by atoms with Crippen molar-refractivity contribution in [1.82, 2.24) is 5.32 Å². The SMILES string of the molecule is CC(C)(C)NC(=O)CC1(C(=O)OCC(=O)N2CCc3ccccc32)CCCC1. The standard InChI is InChI=1S/C22H30N2O4/c1-21(2,3)23-18(25)14-22(11-6-7-12-22)20(27)28-15-19(26)24-13-10-16-8-4-5-9-17(16)24/h4-5,8-9H,6-7,10-15H2,1-3H3,(H,23,25). The first-order valence-corrected chi connectivity index (χ1v) is 10.1. The molecule has 1 aromatic rings. The van der Waals surface area contributed by atoms with Crippen LogP contribution in [0.2, 0.25) is 0 Å². The van der Waals surface area contributed by atoms with Crippen LogP contribution >= 0.6 is 0 Å². The number of ether oxygens (including phenoxy) is 1. The second-order valence-electron chi connectivity index (χ2n) is 8.96. The molecule has 6 heteroatoms. The van der Waals surface area contributed by atoms with Gasteiger partial charge in [-0.25, -0.2) is 0 Å². The third kappa shape index (κ3) is 4.54. The van der Waals surface area contributed by atoms with E-state index in [4.69, 9.17) is 4.74 Å². The maximum atomic E-state index is 12.9. The lowest BCUT2D eigenvalue weighted by Gasteiger charge is -2.28. The van der Waals surface area contributed by atoms with Crippen LogP contribution < -0.4 is 10.2 Å². The van der Waals surface area contributed by atoms with Gasteiger partial charge in [0, 0.05) is 24.2 Å². The Bertz CT molecular complexity index is 760. The van der Waals surface area contributed by atoms with Gasteiger partial charge in [-0.2, -0.15) is 0 Å². The number of fused-ring (bicyclic) bond motifs is 1. The summed E-state index contributed by atoms with van der Waals surface area (Å²) in [4.78, 5) is 39.6. The number of carbonyl (C=O) groups excluding carboxylic acids is 3. The van der Waals surface area contributed by atoms with Crippen molar-refractivity contribution in [3.8, 4) is 0 Å². The van der Waals surface area contributed by atoms with Gasteiger partial charge in [-0.3, -0.25) is 14.4 Å². The van der Waals surface area contributed by atoms with Crippen LogP contribution in [0.15, 0.2) is 24.3 Å². The largest absolute Gasteiger partial charge is 0.455 e. The first kappa shape index (κ1) is 20.4. The zero-order valence-corrected chi connectivity index (χ0v) is 17.0. The third-order valence-electron chi connectivity index (χ3n) is 5.52. The van der Waals surface area contributed by atoms with E-state index in [2.05, 4.69) is 5.32 Å². The zero-order chi connectivity index (χ0) is 20.4. The summed E-state index contributed by atoms with van der Waals surface area (Å²) < 4.78 is 5.44. The highest BCUT2D eigenvalue weighted by atomic mass is 16.5. The number of nitrogens with zero attached hydrogens (tertiary/aromatic N) is 1. The Morgan fingerprint density at radius 3 is 2.50 bits per heavy atom. The number of nitrogens with one attached hydrogen (secondary N) is 1. The van der Waals surface area contributed by atoms with Gasteiger partial charge in [0.2, 0.25) is 5.91 Å². The molecule has 28 heavy (non-hydrogen) atoms. The Balaban J connectivity index is 1.60. The van der Waals surface area contributed by atoms with Crippen LogP contribution in [0.1, 0.15) is 58.4 Å². The van der Waals surface area contributed by atoms with E-state index in [1.807, 2.05) is 45.0 Å². The molecule has 1 N–H and O–H groups in total. The molecule has 1 aliphatic carbocycles. The second-order valence-corrected chi connectivity index (χ2v) is 8.96. The van der Waals surface area contributed by atoms with Crippen LogP contribution in [0, 0.1) is 5.41 Å². The summed E-state index contributed by atoms with van der Waals surface area (Å²) in [6.07, 6.45) is 3.97. The zero-order valence-electron chi connectivity index (χ0n) is 17.0. The van der Waals surface area contributed by atoms with Crippen LogP contribution in [-0.2, 0) is 25.5 Å². The molecular formula is C22H30N2O4. The first-order chi connectivity index (χ1) is 13.2. The molecule has 1 saturated carbocycles. The van der Waals surface area contributed by atoms with Gasteiger partial charge in [0.1, 0.15) is 0 Å². The number of rotatable bonds is 5. The van der Waals surface area contributed by atoms with Gasteiger partial charge in [0.05, 0.1) is 5.41 Å². The number of amides is 2. The molecule has 0 radical (unpaired) electrons. The van der Waals surface area contributed by atoms with Gasteiger partial charge in [-0.05, 0) is 51.7 Å². The van der Waals surface area contributed by atoms with Crippen LogP contribution in [0.25, 0.3) is 0 Å². The molecule has 1 aromatic carbocycles. The number of esters is 1. The van der Waals surface area contributed by atoms with E-state index in [1.165, 1.54) is 0 Å². The van der Waals surface area contributed by atoms with Crippen molar-refractivity contribution in [3.05, 3.63) is 29.8 Å². The molecule has 1 aliphatic heterocycles. The second kappa shape index (κ2) is 7.94. The lowest BCUT2D eigenvalue weighted by atomic mass is 9.82. The van der Waals surface area contributed by atoms with Gasteiger partial charge in [0.25, 0.3) is 5.91 Å². The fourth-order valence-electron chi connectivity index (χ4n) is 4.23. The minimum atomic E-state index is -0.807. The monoisotopic (exact) mass is 386 g/mol. The summed E-state index contributed by atoms with van der Waals surface area (Å²) in [5, 5.41) is 2.92. The van der Waals surface area contributed by atoms with Crippen molar-refractivity contribution < 1.29 is 19.1 Å². The van der Waals surface area contributed by atoms with E-state index in [-0.39, 0.29) is 30.4 Å². The van der Waals surface area contributed by atoms with Gasteiger partial charge in [-0.1, -0.05) is 31.0 Å². The normalized spacial score (nSPS) is 17.9. The van der Waals surface area contributed by atoms with Crippen molar-refractivity contribution in [2.24, 2.45) is 5.41 Å². The average molecular weight is 386 g/mol. The molecule has 0 spiro atoms. The first-order valence-electron chi connectivity index (χ1n) is 10.1. The average Bonchev–Trinajstić information content (AvgIpc) is 3.25. The Kier molecular flexibility index (Phi) is 5.77. The van der Waals surface area contributed by atoms with Crippen molar-refractivity contribution >= 4 is 23.5 Å². The van der Waals surface area contributed by atoms with E-state index >= 15 is 0 Å². The number of benzene rings is 1.